The fourth-order valence-corrected chi connectivity index (χ4v) is 8.18. The van der Waals surface area contributed by atoms with Crippen molar-refractivity contribution >= 4 is 5.52 Å². The number of piperidine rings is 1. The van der Waals surface area contributed by atoms with Crippen molar-refractivity contribution < 1.29 is 9.47 Å². The van der Waals surface area contributed by atoms with E-state index in [1.807, 2.05) is 35.2 Å². The second kappa shape index (κ2) is 11.1. The average molecular weight is 583 g/mol. The molecule has 226 valence electrons. The SMILES string of the molecule is COc1ccc(CN2C3CC2CN(/C(=C/N)C(C)(CCCN2CC4(CCCO4)C2)c2cccn4ncc(C#N)c24)C3)cn1. The smallest absolute Gasteiger partial charge is 0.212 e. The third-order valence-corrected chi connectivity index (χ3v) is 10.4. The lowest BCUT2D eigenvalue weighted by atomic mass is 9.73. The normalized spacial score (nSPS) is 24.9. The highest BCUT2D eigenvalue weighted by atomic mass is 16.5. The van der Waals surface area contributed by atoms with Gasteiger partial charge in [0.2, 0.25) is 5.88 Å². The zero-order chi connectivity index (χ0) is 29.6. The van der Waals surface area contributed by atoms with Crippen LogP contribution in [0, 0.1) is 11.3 Å². The lowest BCUT2D eigenvalue weighted by Crippen LogP contribution is -2.68. The number of ether oxygens (including phenoxy) is 2. The van der Waals surface area contributed by atoms with Crippen LogP contribution in [0.1, 0.15) is 55.7 Å². The Morgan fingerprint density at radius 3 is 2.77 bits per heavy atom. The molecule has 5 saturated heterocycles. The summed E-state index contributed by atoms with van der Waals surface area (Å²) in [4.78, 5) is 12.0. The topological polar surface area (TPSA) is 108 Å². The molecule has 3 aromatic heterocycles. The van der Waals surface area contributed by atoms with Gasteiger partial charge in [0, 0.05) is 87.2 Å². The van der Waals surface area contributed by atoms with E-state index in [0.717, 1.165) is 75.5 Å². The molecule has 10 heteroatoms. The van der Waals surface area contributed by atoms with E-state index >= 15 is 0 Å². The Kier molecular flexibility index (Phi) is 7.28. The molecule has 1 spiro atoms. The van der Waals surface area contributed by atoms with Crippen LogP contribution in [0.3, 0.4) is 0 Å². The lowest BCUT2D eigenvalue weighted by molar-refractivity contribution is -0.111. The van der Waals surface area contributed by atoms with Crippen molar-refractivity contribution in [1.82, 2.24) is 29.3 Å². The largest absolute Gasteiger partial charge is 0.481 e. The fraction of sp³-hybridized carbons (Fsp3) is 0.545. The summed E-state index contributed by atoms with van der Waals surface area (Å²) in [5, 5.41) is 14.5. The first-order valence-corrected chi connectivity index (χ1v) is 15.6. The number of allylic oxidation sites excluding steroid dienone is 1. The Bertz CT molecular complexity index is 1520. The summed E-state index contributed by atoms with van der Waals surface area (Å²) in [6.07, 6.45) is 12.9. The molecular formula is C33H42N8O2. The molecule has 5 fully saturated rings. The van der Waals surface area contributed by atoms with Crippen molar-refractivity contribution in [1.29, 1.82) is 5.26 Å². The number of nitriles is 1. The lowest BCUT2D eigenvalue weighted by Gasteiger charge is -2.58. The van der Waals surface area contributed by atoms with Crippen LogP contribution in [-0.2, 0) is 16.7 Å². The van der Waals surface area contributed by atoms with Crippen LogP contribution in [0.4, 0.5) is 0 Å². The molecule has 3 aromatic rings. The van der Waals surface area contributed by atoms with Gasteiger partial charge in [-0.1, -0.05) is 12.1 Å². The highest BCUT2D eigenvalue weighted by Crippen LogP contribution is 2.45. The Morgan fingerprint density at radius 2 is 2.09 bits per heavy atom. The van der Waals surface area contributed by atoms with Gasteiger partial charge in [0.25, 0.3) is 0 Å². The number of likely N-dealkylation sites (tertiary alicyclic amines) is 1. The molecule has 5 aliphatic rings. The Hall–Kier alpha value is -3.65. The van der Waals surface area contributed by atoms with E-state index in [4.69, 9.17) is 15.2 Å². The molecule has 0 amide bonds. The average Bonchev–Trinajstić information content (AvgIpc) is 3.68. The van der Waals surface area contributed by atoms with Crippen LogP contribution >= 0.6 is 0 Å². The van der Waals surface area contributed by atoms with Crippen molar-refractivity contribution in [3.05, 3.63) is 71.4 Å². The first-order chi connectivity index (χ1) is 20.9. The maximum atomic E-state index is 9.98. The van der Waals surface area contributed by atoms with Gasteiger partial charge >= 0.3 is 0 Å². The monoisotopic (exact) mass is 582 g/mol. The van der Waals surface area contributed by atoms with Gasteiger partial charge in [-0.25, -0.2) is 9.50 Å². The standard InChI is InChI=1S/C33H42N8O2/c1-32(9-4-11-38-22-33(23-38)10-5-13-43-33,28-6-3-12-41-31(28)25(15-34)18-37-41)29(16-35)39-20-26-14-27(21-39)40(26)19-24-7-8-30(42-2)36-17-24/h3,6-8,12,16-18,26-27H,4-5,9-11,13-14,19-23,35H2,1-2H3/b29-16+. The number of rotatable bonds is 10. The molecule has 8 heterocycles. The Labute approximate surface area is 253 Å². The van der Waals surface area contributed by atoms with Crippen LogP contribution in [0.2, 0.25) is 0 Å². The van der Waals surface area contributed by atoms with Gasteiger partial charge in [-0.3, -0.25) is 9.80 Å². The minimum atomic E-state index is -0.385. The van der Waals surface area contributed by atoms with Gasteiger partial charge in [0.1, 0.15) is 6.07 Å². The first kappa shape index (κ1) is 28.1. The molecule has 5 aliphatic heterocycles. The predicted octanol–water partition coefficient (Wildman–Crippen LogP) is 3.27. The van der Waals surface area contributed by atoms with Gasteiger partial charge in [-0.15, -0.1) is 0 Å². The number of pyridine rings is 2. The van der Waals surface area contributed by atoms with Crippen molar-refractivity contribution in [2.24, 2.45) is 5.73 Å². The van der Waals surface area contributed by atoms with Crippen LogP contribution < -0.4 is 10.5 Å². The van der Waals surface area contributed by atoms with E-state index in [2.05, 4.69) is 49.9 Å². The molecule has 0 saturated carbocycles. The first-order valence-electron chi connectivity index (χ1n) is 15.6. The summed E-state index contributed by atoms with van der Waals surface area (Å²) in [5.74, 6) is 0.643. The molecule has 0 radical (unpaired) electrons. The molecule has 3 unspecified atom stereocenters. The number of hydrogen-bond acceptors (Lipinski definition) is 9. The summed E-state index contributed by atoms with van der Waals surface area (Å²) in [7, 11) is 1.65. The molecule has 10 nitrogen and oxygen atoms in total. The second-order valence-electron chi connectivity index (χ2n) is 13.0. The summed E-state index contributed by atoms with van der Waals surface area (Å²) in [5.41, 5.74) is 11.2. The van der Waals surface area contributed by atoms with Gasteiger partial charge in [-0.2, -0.15) is 10.4 Å². The van der Waals surface area contributed by atoms with Crippen LogP contribution in [0.25, 0.3) is 5.52 Å². The number of methoxy groups -OCH3 is 1. The van der Waals surface area contributed by atoms with Gasteiger partial charge in [0.05, 0.1) is 30.0 Å². The van der Waals surface area contributed by atoms with Crippen molar-refractivity contribution in [3.63, 3.8) is 0 Å². The van der Waals surface area contributed by atoms with E-state index < -0.39 is 0 Å². The van der Waals surface area contributed by atoms with Crippen LogP contribution in [0.5, 0.6) is 5.88 Å². The number of fused-ring (bicyclic) bond motifs is 3. The zero-order valence-electron chi connectivity index (χ0n) is 25.3. The second-order valence-corrected chi connectivity index (χ2v) is 13.0. The number of piperazine rings is 1. The van der Waals surface area contributed by atoms with Gasteiger partial charge in [0.15, 0.2) is 0 Å². The molecule has 2 bridgehead atoms. The number of nitrogens with two attached hydrogens (primary N) is 1. The van der Waals surface area contributed by atoms with E-state index in [1.165, 1.54) is 24.8 Å². The van der Waals surface area contributed by atoms with E-state index in [0.29, 0.717) is 23.5 Å². The Balaban J connectivity index is 1.11. The molecule has 8 rings (SSSR count). The summed E-state index contributed by atoms with van der Waals surface area (Å²) >= 11 is 0. The summed E-state index contributed by atoms with van der Waals surface area (Å²) in [6, 6.07) is 11.6. The minimum Gasteiger partial charge on any atom is -0.481 e. The van der Waals surface area contributed by atoms with Crippen molar-refractivity contribution in [2.45, 2.75) is 68.7 Å². The molecule has 2 N–H and O–H groups in total. The third kappa shape index (κ3) is 4.93. The predicted molar refractivity (Wildman–Crippen MR) is 163 cm³/mol. The molecule has 0 aliphatic carbocycles. The number of aromatic nitrogens is 3. The molecule has 3 atom stereocenters. The van der Waals surface area contributed by atoms with Crippen LogP contribution in [0.15, 0.2) is 54.8 Å². The quantitative estimate of drug-likeness (QED) is 0.385. The van der Waals surface area contributed by atoms with Crippen LogP contribution in [-0.4, -0.2) is 93.4 Å². The number of nitrogens with zero attached hydrogens (tertiary/aromatic N) is 7. The summed E-state index contributed by atoms with van der Waals surface area (Å²) in [6.45, 7) is 9.07. The zero-order valence-corrected chi connectivity index (χ0v) is 25.3. The Morgan fingerprint density at radius 1 is 1.26 bits per heavy atom. The molecular weight excluding hydrogens is 540 g/mol. The maximum absolute atomic E-state index is 9.98. The molecule has 43 heavy (non-hydrogen) atoms. The maximum Gasteiger partial charge on any atom is 0.212 e. The van der Waals surface area contributed by atoms with E-state index in [9.17, 15) is 5.26 Å². The van der Waals surface area contributed by atoms with Gasteiger partial charge < -0.3 is 20.1 Å². The van der Waals surface area contributed by atoms with E-state index in [1.54, 1.807) is 13.3 Å². The minimum absolute atomic E-state index is 0.110. The molecule has 0 aromatic carbocycles. The summed E-state index contributed by atoms with van der Waals surface area (Å²) < 4.78 is 13.1. The number of hydrogen-bond donors (Lipinski definition) is 1. The van der Waals surface area contributed by atoms with Gasteiger partial charge in [-0.05, 0) is 62.8 Å². The van der Waals surface area contributed by atoms with Crippen molar-refractivity contribution in [3.8, 4) is 11.9 Å². The fourth-order valence-electron chi connectivity index (χ4n) is 8.18. The van der Waals surface area contributed by atoms with E-state index in [-0.39, 0.29) is 11.0 Å². The highest BCUT2D eigenvalue weighted by molar-refractivity contribution is 5.68. The highest BCUT2D eigenvalue weighted by Gasteiger charge is 2.49. The van der Waals surface area contributed by atoms with Crippen molar-refractivity contribution in [2.75, 3.05) is 46.4 Å². The third-order valence-electron chi connectivity index (χ3n) is 10.4.